The SMILES string of the molecule is CC(NC(=O)C1(c2ccccc2)CCC1)c1nnc2ccccn12. The van der Waals surface area contributed by atoms with E-state index in [2.05, 4.69) is 27.6 Å². The van der Waals surface area contributed by atoms with Gasteiger partial charge >= 0.3 is 0 Å². The van der Waals surface area contributed by atoms with Gasteiger partial charge in [-0.1, -0.05) is 42.8 Å². The molecule has 5 nitrogen and oxygen atoms in total. The van der Waals surface area contributed by atoms with Crippen LogP contribution in [-0.2, 0) is 10.2 Å². The maximum atomic E-state index is 13.0. The lowest BCUT2D eigenvalue weighted by atomic mass is 9.63. The number of hydrogen-bond acceptors (Lipinski definition) is 3. The van der Waals surface area contributed by atoms with Crippen molar-refractivity contribution in [1.82, 2.24) is 19.9 Å². The maximum Gasteiger partial charge on any atom is 0.231 e. The molecule has 0 radical (unpaired) electrons. The highest BCUT2D eigenvalue weighted by atomic mass is 16.2. The number of fused-ring (bicyclic) bond motifs is 1. The Morgan fingerprint density at radius 2 is 1.88 bits per heavy atom. The molecular formula is C19H20N4O. The first-order valence-corrected chi connectivity index (χ1v) is 8.37. The molecule has 1 aliphatic rings. The zero-order chi connectivity index (χ0) is 16.6. The molecule has 1 atom stereocenters. The molecule has 2 heterocycles. The van der Waals surface area contributed by atoms with Gasteiger partial charge < -0.3 is 5.32 Å². The van der Waals surface area contributed by atoms with E-state index in [9.17, 15) is 4.79 Å². The summed E-state index contributed by atoms with van der Waals surface area (Å²) in [4.78, 5) is 13.0. The molecule has 0 spiro atoms. The van der Waals surface area contributed by atoms with E-state index in [1.807, 2.05) is 53.9 Å². The molecule has 1 fully saturated rings. The number of carbonyl (C=O) groups excluding carboxylic acids is 1. The van der Waals surface area contributed by atoms with Crippen LogP contribution in [0.25, 0.3) is 5.65 Å². The third-order valence-electron chi connectivity index (χ3n) is 5.04. The minimum atomic E-state index is -0.393. The van der Waals surface area contributed by atoms with Crippen molar-refractivity contribution >= 4 is 11.6 Å². The van der Waals surface area contributed by atoms with E-state index in [1.165, 1.54) is 0 Å². The summed E-state index contributed by atoms with van der Waals surface area (Å²) in [5.41, 5.74) is 1.50. The predicted octanol–water partition coefficient (Wildman–Crippen LogP) is 3.03. The van der Waals surface area contributed by atoms with Crippen LogP contribution in [0.15, 0.2) is 54.7 Å². The Hall–Kier alpha value is -2.69. The molecule has 1 N–H and O–H groups in total. The molecule has 1 amide bonds. The van der Waals surface area contributed by atoms with Gasteiger partial charge in [0.2, 0.25) is 5.91 Å². The second-order valence-corrected chi connectivity index (χ2v) is 6.48. The highest BCUT2D eigenvalue weighted by Gasteiger charge is 2.45. The van der Waals surface area contributed by atoms with Crippen molar-refractivity contribution < 1.29 is 4.79 Å². The van der Waals surface area contributed by atoms with E-state index in [0.29, 0.717) is 0 Å². The van der Waals surface area contributed by atoms with Gasteiger partial charge in [0.15, 0.2) is 11.5 Å². The van der Waals surface area contributed by atoms with Crippen LogP contribution in [0.3, 0.4) is 0 Å². The molecule has 5 heteroatoms. The third-order valence-corrected chi connectivity index (χ3v) is 5.04. The fourth-order valence-electron chi connectivity index (χ4n) is 3.49. The van der Waals surface area contributed by atoms with Crippen LogP contribution in [-0.4, -0.2) is 20.5 Å². The summed E-state index contributed by atoms with van der Waals surface area (Å²) in [6.07, 6.45) is 4.81. The van der Waals surface area contributed by atoms with E-state index in [-0.39, 0.29) is 11.9 Å². The average molecular weight is 320 g/mol. The second-order valence-electron chi connectivity index (χ2n) is 6.48. The van der Waals surface area contributed by atoms with Gasteiger partial charge in [-0.25, -0.2) is 0 Å². The zero-order valence-electron chi connectivity index (χ0n) is 13.6. The number of amides is 1. The van der Waals surface area contributed by atoms with E-state index >= 15 is 0 Å². The van der Waals surface area contributed by atoms with Crippen molar-refractivity contribution in [3.63, 3.8) is 0 Å². The molecule has 122 valence electrons. The highest BCUT2D eigenvalue weighted by Crippen LogP contribution is 2.44. The molecule has 3 aromatic rings. The lowest BCUT2D eigenvalue weighted by molar-refractivity contribution is -0.130. The molecule has 0 bridgehead atoms. The van der Waals surface area contributed by atoms with Gasteiger partial charge in [-0.3, -0.25) is 9.20 Å². The number of pyridine rings is 1. The quantitative estimate of drug-likeness (QED) is 0.804. The lowest BCUT2D eigenvalue weighted by Crippen LogP contribution is -2.49. The summed E-state index contributed by atoms with van der Waals surface area (Å²) < 4.78 is 1.92. The van der Waals surface area contributed by atoms with Crippen LogP contribution in [0, 0.1) is 0 Å². The Morgan fingerprint density at radius 3 is 2.58 bits per heavy atom. The smallest absolute Gasteiger partial charge is 0.231 e. The molecule has 0 aliphatic heterocycles. The van der Waals surface area contributed by atoms with Gasteiger partial charge in [0.25, 0.3) is 0 Å². The molecule has 0 saturated heterocycles. The normalized spacial score (nSPS) is 17.2. The van der Waals surface area contributed by atoms with E-state index < -0.39 is 5.41 Å². The Kier molecular flexibility index (Phi) is 3.56. The van der Waals surface area contributed by atoms with Crippen molar-refractivity contribution in [2.24, 2.45) is 0 Å². The molecule has 1 saturated carbocycles. The monoisotopic (exact) mass is 320 g/mol. The van der Waals surface area contributed by atoms with Gasteiger partial charge in [-0.05, 0) is 37.5 Å². The predicted molar refractivity (Wildman–Crippen MR) is 91.5 cm³/mol. The number of carbonyl (C=O) groups is 1. The number of nitrogens with zero attached hydrogens (tertiary/aromatic N) is 3. The fourth-order valence-corrected chi connectivity index (χ4v) is 3.49. The van der Waals surface area contributed by atoms with E-state index in [1.54, 1.807) is 0 Å². The van der Waals surface area contributed by atoms with Crippen molar-refractivity contribution in [1.29, 1.82) is 0 Å². The molecule has 1 aromatic carbocycles. The van der Waals surface area contributed by atoms with Crippen LogP contribution >= 0.6 is 0 Å². The Bertz CT molecular complexity index is 867. The largest absolute Gasteiger partial charge is 0.346 e. The topological polar surface area (TPSA) is 59.3 Å². The Labute approximate surface area is 140 Å². The number of rotatable bonds is 4. The summed E-state index contributed by atoms with van der Waals surface area (Å²) in [5, 5.41) is 11.6. The van der Waals surface area contributed by atoms with Crippen molar-refractivity contribution in [3.8, 4) is 0 Å². The number of aromatic nitrogens is 3. The minimum Gasteiger partial charge on any atom is -0.346 e. The number of benzene rings is 1. The second kappa shape index (κ2) is 5.74. The Balaban J connectivity index is 1.59. The van der Waals surface area contributed by atoms with Crippen molar-refractivity contribution in [3.05, 3.63) is 66.1 Å². The minimum absolute atomic E-state index is 0.0835. The highest BCUT2D eigenvalue weighted by molar-refractivity contribution is 5.89. The first-order valence-electron chi connectivity index (χ1n) is 8.37. The Morgan fingerprint density at radius 1 is 1.12 bits per heavy atom. The maximum absolute atomic E-state index is 13.0. The molecule has 4 rings (SSSR count). The molecular weight excluding hydrogens is 300 g/mol. The number of hydrogen-bond donors (Lipinski definition) is 1. The summed E-state index contributed by atoms with van der Waals surface area (Å²) in [5.74, 6) is 0.835. The first kappa shape index (κ1) is 14.9. The lowest BCUT2D eigenvalue weighted by Gasteiger charge is -2.41. The fraction of sp³-hybridized carbons (Fsp3) is 0.316. The van der Waals surface area contributed by atoms with Crippen molar-refractivity contribution in [2.45, 2.75) is 37.6 Å². The molecule has 1 unspecified atom stereocenters. The summed E-state index contributed by atoms with van der Waals surface area (Å²) in [7, 11) is 0. The van der Waals surface area contributed by atoms with Crippen LogP contribution in [0.1, 0.15) is 43.6 Å². The molecule has 24 heavy (non-hydrogen) atoms. The van der Waals surface area contributed by atoms with E-state index in [4.69, 9.17) is 0 Å². The zero-order valence-corrected chi connectivity index (χ0v) is 13.6. The number of nitrogens with one attached hydrogen (secondary N) is 1. The molecule has 2 aromatic heterocycles. The van der Waals surface area contributed by atoms with E-state index in [0.717, 1.165) is 36.3 Å². The van der Waals surface area contributed by atoms with Gasteiger partial charge in [-0.15, -0.1) is 10.2 Å². The first-order chi connectivity index (χ1) is 11.7. The van der Waals surface area contributed by atoms with Gasteiger partial charge in [0.05, 0.1) is 11.5 Å². The van der Waals surface area contributed by atoms with Crippen LogP contribution in [0.4, 0.5) is 0 Å². The van der Waals surface area contributed by atoms with Gasteiger partial charge in [0.1, 0.15) is 0 Å². The van der Waals surface area contributed by atoms with Gasteiger partial charge in [-0.2, -0.15) is 0 Å². The van der Waals surface area contributed by atoms with Crippen LogP contribution < -0.4 is 5.32 Å². The summed E-state index contributed by atoms with van der Waals surface area (Å²) in [6, 6.07) is 15.7. The molecule has 1 aliphatic carbocycles. The van der Waals surface area contributed by atoms with Gasteiger partial charge in [0, 0.05) is 6.20 Å². The standard InChI is InChI=1S/C19H20N4O/c1-14(17-22-21-16-10-5-6-13-23(16)17)20-18(24)19(11-7-12-19)15-8-3-2-4-9-15/h2-6,8-10,13-14H,7,11-12H2,1H3,(H,20,24). The third kappa shape index (κ3) is 2.28. The van der Waals surface area contributed by atoms with Crippen molar-refractivity contribution in [2.75, 3.05) is 0 Å². The van der Waals surface area contributed by atoms with Crippen LogP contribution in [0.5, 0.6) is 0 Å². The average Bonchev–Trinajstić information content (AvgIpc) is 2.99. The summed E-state index contributed by atoms with van der Waals surface area (Å²) in [6.45, 7) is 1.96. The van der Waals surface area contributed by atoms with Crippen LogP contribution in [0.2, 0.25) is 0 Å². The summed E-state index contributed by atoms with van der Waals surface area (Å²) >= 11 is 0.